The summed E-state index contributed by atoms with van der Waals surface area (Å²) in [5.41, 5.74) is 0. The second-order valence-corrected chi connectivity index (χ2v) is 4.70. The van der Waals surface area contributed by atoms with Crippen LogP contribution in [0.2, 0.25) is 0 Å². The molecule has 0 aliphatic heterocycles. The van der Waals surface area contributed by atoms with Crippen LogP contribution in [-0.2, 0) is 0 Å². The zero-order valence-electron chi connectivity index (χ0n) is 10.1. The lowest BCUT2D eigenvalue weighted by Crippen LogP contribution is -1.93. The lowest BCUT2D eigenvalue weighted by Gasteiger charge is -2.08. The molecule has 0 aliphatic carbocycles. The van der Waals surface area contributed by atoms with Crippen LogP contribution in [0, 0.1) is 0 Å². The Morgan fingerprint density at radius 1 is 0.895 bits per heavy atom. The Hall–Kier alpha value is -1.64. The molecule has 0 heterocycles. The van der Waals surface area contributed by atoms with Gasteiger partial charge in [0.15, 0.2) is 0 Å². The van der Waals surface area contributed by atoms with Crippen LogP contribution in [0.5, 0.6) is 17.2 Å². The van der Waals surface area contributed by atoms with Crippen LogP contribution in [0.3, 0.4) is 0 Å². The van der Waals surface area contributed by atoms with Gasteiger partial charge < -0.3 is 9.47 Å². The van der Waals surface area contributed by atoms with Gasteiger partial charge in [0.05, 0.1) is 0 Å². The first-order valence-corrected chi connectivity index (χ1v) is 6.46. The number of benzene rings is 2. The second-order valence-electron chi connectivity index (χ2n) is 3.69. The fraction of sp³-hybridized carbons (Fsp3) is 0.0667. The van der Waals surface area contributed by atoms with E-state index in [-0.39, 0.29) is 4.49 Å². The Labute approximate surface area is 122 Å². The van der Waals surface area contributed by atoms with Crippen LogP contribution in [0.15, 0.2) is 65.2 Å². The minimum Gasteiger partial charge on any atom is -0.489 e. The molecule has 0 atom stereocenters. The van der Waals surface area contributed by atoms with Crippen molar-refractivity contribution in [3.8, 4) is 17.2 Å². The summed E-state index contributed by atoms with van der Waals surface area (Å²) < 4.78 is 11.4. The molecule has 0 saturated heterocycles. The lowest BCUT2D eigenvalue weighted by molar-refractivity contribution is 0.360. The van der Waals surface area contributed by atoms with Gasteiger partial charge in [-0.15, -0.1) is 0 Å². The lowest BCUT2D eigenvalue weighted by atomic mass is 10.3. The summed E-state index contributed by atoms with van der Waals surface area (Å²) in [5.74, 6) is 2.19. The monoisotopic (exact) mass is 294 g/mol. The van der Waals surface area contributed by atoms with Crippen molar-refractivity contribution in [2.24, 2.45) is 0 Å². The van der Waals surface area contributed by atoms with E-state index in [4.69, 9.17) is 32.7 Å². The van der Waals surface area contributed by atoms with E-state index in [0.29, 0.717) is 18.1 Å². The van der Waals surface area contributed by atoms with Gasteiger partial charge in [-0.05, 0) is 30.3 Å². The van der Waals surface area contributed by atoms with Crippen molar-refractivity contribution in [1.82, 2.24) is 0 Å². The highest BCUT2D eigenvalue weighted by Crippen LogP contribution is 2.25. The minimum absolute atomic E-state index is 0.191. The molecule has 0 N–H and O–H groups in total. The average molecular weight is 295 g/mol. The van der Waals surface area contributed by atoms with E-state index >= 15 is 0 Å². The predicted molar refractivity (Wildman–Crippen MR) is 78.2 cm³/mol. The first-order valence-electron chi connectivity index (χ1n) is 5.71. The molecular weight excluding hydrogens is 283 g/mol. The Morgan fingerprint density at radius 3 is 2.32 bits per heavy atom. The van der Waals surface area contributed by atoms with E-state index in [2.05, 4.69) is 0 Å². The van der Waals surface area contributed by atoms with Crippen LogP contribution < -0.4 is 9.47 Å². The summed E-state index contributed by atoms with van der Waals surface area (Å²) in [4.78, 5) is 0. The maximum absolute atomic E-state index is 5.70. The Bertz CT molecular complexity index is 549. The Morgan fingerprint density at radius 2 is 1.58 bits per heavy atom. The summed E-state index contributed by atoms with van der Waals surface area (Å²) in [5, 5.41) is 0. The molecule has 4 heteroatoms. The van der Waals surface area contributed by atoms with Gasteiger partial charge in [-0.2, -0.15) is 0 Å². The van der Waals surface area contributed by atoms with Crippen LogP contribution in [0.25, 0.3) is 0 Å². The van der Waals surface area contributed by atoms with Gasteiger partial charge in [0.2, 0.25) is 0 Å². The van der Waals surface area contributed by atoms with E-state index in [1.807, 2.05) is 54.6 Å². The van der Waals surface area contributed by atoms with Crippen molar-refractivity contribution in [1.29, 1.82) is 0 Å². The summed E-state index contributed by atoms with van der Waals surface area (Å²) in [6.07, 6.45) is 1.58. The molecule has 0 bridgehead atoms. The fourth-order valence-corrected chi connectivity index (χ4v) is 1.58. The molecule has 0 unspecified atom stereocenters. The van der Waals surface area contributed by atoms with Gasteiger partial charge >= 0.3 is 0 Å². The highest BCUT2D eigenvalue weighted by atomic mass is 35.5. The molecule has 2 nitrogen and oxygen atoms in total. The first-order chi connectivity index (χ1) is 9.24. The quantitative estimate of drug-likeness (QED) is 0.757. The molecule has 2 aromatic rings. The zero-order chi connectivity index (χ0) is 13.5. The molecule has 0 aliphatic rings. The number of halogens is 2. The zero-order valence-corrected chi connectivity index (χ0v) is 11.6. The van der Waals surface area contributed by atoms with Crippen molar-refractivity contribution in [2.75, 3.05) is 6.61 Å². The third-order valence-corrected chi connectivity index (χ3v) is 2.58. The van der Waals surface area contributed by atoms with Gasteiger partial charge in [-0.25, -0.2) is 0 Å². The smallest absolute Gasteiger partial charge is 0.131 e. The SMILES string of the molecule is ClC(Cl)=CCOc1cccc(Oc2ccccc2)c1. The molecule has 0 aromatic heterocycles. The summed E-state index contributed by atoms with van der Waals surface area (Å²) in [6, 6.07) is 16.9. The molecule has 0 saturated carbocycles. The van der Waals surface area contributed by atoms with Crippen molar-refractivity contribution in [2.45, 2.75) is 0 Å². The number of hydrogen-bond acceptors (Lipinski definition) is 2. The van der Waals surface area contributed by atoms with E-state index in [1.54, 1.807) is 6.08 Å². The van der Waals surface area contributed by atoms with Crippen molar-refractivity contribution >= 4 is 23.2 Å². The third-order valence-electron chi connectivity index (χ3n) is 2.27. The standard InChI is InChI=1S/C15H12Cl2O2/c16-15(17)9-10-18-13-7-4-8-14(11-13)19-12-5-2-1-3-6-12/h1-9,11H,10H2. The normalized spacial score (nSPS) is 9.79. The third kappa shape index (κ3) is 4.86. The predicted octanol–water partition coefficient (Wildman–Crippen LogP) is 5.18. The summed E-state index contributed by atoms with van der Waals surface area (Å²) >= 11 is 11.0. The maximum atomic E-state index is 5.70. The van der Waals surface area contributed by atoms with Gasteiger partial charge in [0.25, 0.3) is 0 Å². The minimum atomic E-state index is 0.191. The second kappa shape index (κ2) is 7.07. The first kappa shape index (κ1) is 13.8. The molecule has 0 spiro atoms. The van der Waals surface area contributed by atoms with Gasteiger partial charge in [0.1, 0.15) is 28.3 Å². The highest BCUT2D eigenvalue weighted by Gasteiger charge is 1.99. The average Bonchev–Trinajstić information content (AvgIpc) is 2.40. The van der Waals surface area contributed by atoms with Crippen LogP contribution in [0.1, 0.15) is 0 Å². The van der Waals surface area contributed by atoms with Gasteiger partial charge in [0, 0.05) is 6.07 Å². The number of para-hydroxylation sites is 1. The Balaban J connectivity index is 2.01. The molecule has 2 rings (SSSR count). The van der Waals surface area contributed by atoms with Crippen LogP contribution in [0.4, 0.5) is 0 Å². The van der Waals surface area contributed by atoms with Crippen LogP contribution >= 0.6 is 23.2 Å². The topological polar surface area (TPSA) is 18.5 Å². The van der Waals surface area contributed by atoms with Crippen molar-refractivity contribution in [3.63, 3.8) is 0 Å². The number of ether oxygens (including phenoxy) is 2. The van der Waals surface area contributed by atoms with Crippen LogP contribution in [-0.4, -0.2) is 6.61 Å². The molecule has 0 amide bonds. The largest absolute Gasteiger partial charge is 0.489 e. The molecule has 98 valence electrons. The van der Waals surface area contributed by atoms with E-state index < -0.39 is 0 Å². The number of hydrogen-bond donors (Lipinski definition) is 0. The molecular formula is C15H12Cl2O2. The summed E-state index contributed by atoms with van der Waals surface area (Å²) in [7, 11) is 0. The summed E-state index contributed by atoms with van der Waals surface area (Å²) in [6.45, 7) is 0.317. The van der Waals surface area contributed by atoms with E-state index in [9.17, 15) is 0 Å². The number of rotatable bonds is 5. The molecule has 19 heavy (non-hydrogen) atoms. The van der Waals surface area contributed by atoms with Crippen molar-refractivity contribution < 1.29 is 9.47 Å². The molecule has 0 radical (unpaired) electrons. The van der Waals surface area contributed by atoms with E-state index in [1.165, 1.54) is 0 Å². The Kier molecular flexibility index (Phi) is 5.13. The maximum Gasteiger partial charge on any atom is 0.131 e. The molecule has 0 fully saturated rings. The van der Waals surface area contributed by atoms with Gasteiger partial charge in [-0.3, -0.25) is 0 Å². The van der Waals surface area contributed by atoms with Crippen molar-refractivity contribution in [3.05, 3.63) is 65.2 Å². The molecule has 2 aromatic carbocycles. The van der Waals surface area contributed by atoms with Gasteiger partial charge in [-0.1, -0.05) is 47.5 Å². The van der Waals surface area contributed by atoms with E-state index in [0.717, 1.165) is 5.75 Å². The highest BCUT2D eigenvalue weighted by molar-refractivity contribution is 6.55. The fourth-order valence-electron chi connectivity index (χ4n) is 1.45.